The third kappa shape index (κ3) is 6.61. The van der Waals surface area contributed by atoms with Crippen molar-refractivity contribution in [3.05, 3.63) is 47.5 Å². The van der Waals surface area contributed by atoms with E-state index in [4.69, 9.17) is 14.2 Å². The fraction of sp³-hybridized carbons (Fsp3) is 0.391. The topological polar surface area (TPSA) is 120 Å². The molecule has 0 radical (unpaired) electrons. The number of carbonyl (C=O) groups excluding carboxylic acids is 2. The highest BCUT2D eigenvalue weighted by Crippen LogP contribution is 2.33. The average Bonchev–Trinajstić information content (AvgIpc) is 2.75. The largest absolute Gasteiger partial charge is 0.486 e. The zero-order valence-electron chi connectivity index (χ0n) is 19.1. The number of anilines is 1. The second-order valence-corrected chi connectivity index (χ2v) is 10.5. The summed E-state index contributed by atoms with van der Waals surface area (Å²) in [5.74, 6) is 0.0397. The molecule has 9 nitrogen and oxygen atoms in total. The summed E-state index contributed by atoms with van der Waals surface area (Å²) in [4.78, 5) is 24.3. The van der Waals surface area contributed by atoms with E-state index in [0.717, 1.165) is 0 Å². The van der Waals surface area contributed by atoms with Crippen LogP contribution in [0.25, 0.3) is 0 Å². The van der Waals surface area contributed by atoms with Gasteiger partial charge < -0.3 is 19.5 Å². The fourth-order valence-electron chi connectivity index (χ4n) is 3.24. The van der Waals surface area contributed by atoms with Crippen LogP contribution in [0, 0.1) is 5.41 Å². The minimum atomic E-state index is -3.99. The molecule has 2 aromatic carbocycles. The number of esters is 1. The van der Waals surface area contributed by atoms with Gasteiger partial charge >= 0.3 is 5.97 Å². The van der Waals surface area contributed by atoms with Gasteiger partial charge in [0.25, 0.3) is 10.0 Å². The van der Waals surface area contributed by atoms with E-state index < -0.39 is 16.0 Å². The molecule has 2 aromatic rings. The van der Waals surface area contributed by atoms with Crippen LogP contribution >= 0.6 is 0 Å². The van der Waals surface area contributed by atoms with Crippen LogP contribution in [0.1, 0.15) is 43.1 Å². The van der Waals surface area contributed by atoms with Crippen LogP contribution < -0.4 is 19.5 Å². The van der Waals surface area contributed by atoms with E-state index >= 15 is 0 Å². The second-order valence-electron chi connectivity index (χ2n) is 8.84. The smallest absolute Gasteiger partial charge is 0.337 e. The Kier molecular flexibility index (Phi) is 7.16. The molecule has 0 aromatic heterocycles. The zero-order chi connectivity index (χ0) is 24.2. The number of ether oxygens (including phenoxy) is 3. The number of nitrogens with one attached hydrogen (secondary N) is 2. The third-order valence-electron chi connectivity index (χ3n) is 4.67. The van der Waals surface area contributed by atoms with E-state index in [1.54, 1.807) is 12.1 Å². The summed E-state index contributed by atoms with van der Waals surface area (Å²) in [6, 6.07) is 8.80. The highest BCUT2D eigenvalue weighted by Gasteiger charge is 2.21. The maximum absolute atomic E-state index is 13.0. The van der Waals surface area contributed by atoms with Crippen LogP contribution in [0.15, 0.2) is 41.3 Å². The van der Waals surface area contributed by atoms with Gasteiger partial charge in [-0.3, -0.25) is 9.52 Å². The molecule has 3 rings (SSSR count). The molecule has 178 valence electrons. The molecule has 0 fully saturated rings. The number of amides is 1. The van der Waals surface area contributed by atoms with E-state index in [1.165, 1.54) is 31.4 Å². The van der Waals surface area contributed by atoms with Crippen molar-refractivity contribution >= 4 is 27.6 Å². The molecule has 2 N–H and O–H groups in total. The van der Waals surface area contributed by atoms with Crippen molar-refractivity contribution < 1.29 is 32.2 Å². The number of sulfonamides is 1. The Labute approximate surface area is 193 Å². The summed E-state index contributed by atoms with van der Waals surface area (Å²) in [5.41, 5.74) is 0.676. The van der Waals surface area contributed by atoms with Crippen molar-refractivity contribution in [3.63, 3.8) is 0 Å². The molecule has 0 aliphatic carbocycles. The molecular weight excluding hydrogens is 448 g/mol. The molecule has 0 bridgehead atoms. The van der Waals surface area contributed by atoms with Crippen molar-refractivity contribution in [3.8, 4) is 11.5 Å². The van der Waals surface area contributed by atoms with Crippen molar-refractivity contribution in [2.75, 3.05) is 25.0 Å². The number of benzene rings is 2. The lowest BCUT2D eigenvalue weighted by Gasteiger charge is -2.19. The van der Waals surface area contributed by atoms with Crippen LogP contribution in [0.5, 0.6) is 11.5 Å². The van der Waals surface area contributed by atoms with E-state index in [2.05, 4.69) is 10.0 Å². The van der Waals surface area contributed by atoms with Gasteiger partial charge in [-0.15, -0.1) is 0 Å². The zero-order valence-corrected chi connectivity index (χ0v) is 19.9. The monoisotopic (exact) mass is 476 g/mol. The molecule has 0 unspecified atom stereocenters. The molecule has 33 heavy (non-hydrogen) atoms. The molecule has 1 aliphatic rings. The van der Waals surface area contributed by atoms with Crippen LogP contribution in [-0.2, 0) is 26.1 Å². The molecule has 10 heteroatoms. The van der Waals surface area contributed by atoms with Gasteiger partial charge in [-0.05, 0) is 41.3 Å². The molecule has 1 heterocycles. The minimum absolute atomic E-state index is 0.0183. The summed E-state index contributed by atoms with van der Waals surface area (Å²) >= 11 is 0. The van der Waals surface area contributed by atoms with Gasteiger partial charge in [-0.2, -0.15) is 0 Å². The number of rotatable bonds is 7. The lowest BCUT2D eigenvalue weighted by molar-refractivity contribution is -0.122. The molecule has 0 saturated carbocycles. The summed E-state index contributed by atoms with van der Waals surface area (Å²) < 4.78 is 44.1. The summed E-state index contributed by atoms with van der Waals surface area (Å²) in [5, 5.41) is 2.80. The first-order valence-corrected chi connectivity index (χ1v) is 11.9. The van der Waals surface area contributed by atoms with Crippen molar-refractivity contribution in [2.24, 2.45) is 5.41 Å². The number of hydrogen-bond donors (Lipinski definition) is 2. The van der Waals surface area contributed by atoms with Gasteiger partial charge in [-0.1, -0.05) is 20.8 Å². The molecular formula is C23H28N2O7S. The van der Waals surface area contributed by atoms with Gasteiger partial charge in [0, 0.05) is 19.0 Å². The van der Waals surface area contributed by atoms with Crippen molar-refractivity contribution in [1.82, 2.24) is 5.32 Å². The number of carbonyl (C=O) groups is 2. The standard InChI is InChI=1S/C23H28N2O7S/c1-23(2,3)13-21(26)24-14-15-9-16(22(27)30-4)11-17(10-15)25-33(28,29)18-5-6-19-20(12-18)32-8-7-31-19/h5-6,9-12,25H,7-8,13-14H2,1-4H3,(H,24,26). The van der Waals surface area contributed by atoms with Crippen LogP contribution in [-0.4, -0.2) is 40.6 Å². The van der Waals surface area contributed by atoms with E-state index in [1.807, 2.05) is 20.8 Å². The molecule has 0 spiro atoms. The molecule has 0 atom stereocenters. The molecule has 1 amide bonds. The third-order valence-corrected chi connectivity index (χ3v) is 6.05. The highest BCUT2D eigenvalue weighted by atomic mass is 32.2. The Hall–Kier alpha value is -3.27. The van der Waals surface area contributed by atoms with E-state index in [9.17, 15) is 18.0 Å². The SMILES string of the molecule is COC(=O)c1cc(CNC(=O)CC(C)(C)C)cc(NS(=O)(=O)c2ccc3c(c2)OCCO3)c1. The maximum Gasteiger partial charge on any atom is 0.337 e. The summed E-state index contributed by atoms with van der Waals surface area (Å²) in [6.45, 7) is 6.71. The van der Waals surface area contributed by atoms with Crippen molar-refractivity contribution in [2.45, 2.75) is 38.6 Å². The Bertz CT molecular complexity index is 1150. The number of methoxy groups -OCH3 is 1. The Balaban J connectivity index is 1.84. The lowest BCUT2D eigenvalue weighted by atomic mass is 9.92. The van der Waals surface area contributed by atoms with Gasteiger partial charge in [0.05, 0.1) is 23.3 Å². The first-order chi connectivity index (χ1) is 15.5. The number of hydrogen-bond acceptors (Lipinski definition) is 7. The Morgan fingerprint density at radius 1 is 1.03 bits per heavy atom. The molecule has 1 aliphatic heterocycles. The van der Waals surface area contributed by atoms with Gasteiger partial charge in [0.15, 0.2) is 11.5 Å². The Morgan fingerprint density at radius 2 is 1.73 bits per heavy atom. The van der Waals surface area contributed by atoms with Gasteiger partial charge in [-0.25, -0.2) is 13.2 Å². The van der Waals surface area contributed by atoms with Crippen LogP contribution in [0.2, 0.25) is 0 Å². The normalized spacial score (nSPS) is 13.2. The first kappa shape index (κ1) is 24.4. The average molecular weight is 477 g/mol. The van der Waals surface area contributed by atoms with E-state index in [-0.39, 0.29) is 34.0 Å². The summed E-state index contributed by atoms with van der Waals surface area (Å²) in [6.07, 6.45) is 0.327. The quantitative estimate of drug-likeness (QED) is 0.589. The minimum Gasteiger partial charge on any atom is -0.486 e. The maximum atomic E-state index is 13.0. The predicted molar refractivity (Wildman–Crippen MR) is 122 cm³/mol. The fourth-order valence-corrected chi connectivity index (χ4v) is 4.29. The number of fused-ring (bicyclic) bond motifs is 1. The Morgan fingerprint density at radius 3 is 2.39 bits per heavy atom. The first-order valence-electron chi connectivity index (χ1n) is 10.4. The predicted octanol–water partition coefficient (Wildman–Crippen LogP) is 3.10. The van der Waals surface area contributed by atoms with Crippen molar-refractivity contribution in [1.29, 1.82) is 0 Å². The van der Waals surface area contributed by atoms with Gasteiger partial charge in [0.2, 0.25) is 5.91 Å². The van der Waals surface area contributed by atoms with Crippen LogP contribution in [0.3, 0.4) is 0 Å². The molecule has 0 saturated heterocycles. The van der Waals surface area contributed by atoms with Crippen LogP contribution in [0.4, 0.5) is 5.69 Å². The second kappa shape index (κ2) is 9.70. The van der Waals surface area contributed by atoms with Gasteiger partial charge in [0.1, 0.15) is 13.2 Å². The highest BCUT2D eigenvalue weighted by molar-refractivity contribution is 7.92. The lowest BCUT2D eigenvalue weighted by Crippen LogP contribution is -2.27. The summed E-state index contributed by atoms with van der Waals surface area (Å²) in [7, 11) is -2.76. The van der Waals surface area contributed by atoms with E-state index in [0.29, 0.717) is 36.7 Å².